The number of aromatic hydroxyl groups is 10. The Morgan fingerprint density at radius 1 is 0.598 bits per heavy atom. The molecule has 0 aliphatic carbocycles. The number of aliphatic hydroxyl groups is 17. The van der Waals surface area contributed by atoms with Gasteiger partial charge in [-0.05, 0) is 100 Å². The van der Waals surface area contributed by atoms with E-state index in [1.54, 1.807) is 30.4 Å². The third-order valence-electron chi connectivity index (χ3n) is 17.7. The minimum absolute atomic E-state index is 0.00317. The number of cyclic esters (lactones) is 2. The van der Waals surface area contributed by atoms with E-state index in [0.29, 0.717) is 34.7 Å². The molecule has 13 atom stereocenters. The van der Waals surface area contributed by atoms with E-state index in [1.165, 1.54) is 57.1 Å². The molecule has 0 bridgehead atoms. The summed E-state index contributed by atoms with van der Waals surface area (Å²) in [7, 11) is 2.95. The van der Waals surface area contributed by atoms with Crippen LogP contribution < -0.4 is 15.0 Å². The summed E-state index contributed by atoms with van der Waals surface area (Å²) in [6, 6.07) is 18.6. The van der Waals surface area contributed by atoms with Gasteiger partial charge in [-0.3, -0.25) is 14.7 Å². The maximum atomic E-state index is 11.3. The van der Waals surface area contributed by atoms with Crippen molar-refractivity contribution in [1.82, 2.24) is 20.2 Å². The number of rotatable bonds is 21. The van der Waals surface area contributed by atoms with E-state index in [-0.39, 0.29) is 94.6 Å². The lowest BCUT2D eigenvalue weighted by Gasteiger charge is -2.40. The van der Waals surface area contributed by atoms with Crippen LogP contribution >= 0.6 is 12.6 Å². The average Bonchev–Trinajstić information content (AvgIpc) is 1.78. The highest BCUT2D eigenvalue weighted by molar-refractivity contribution is 7.81. The largest absolute Gasteiger partial charge is 0.508 e. The number of fused-ring (bicyclic) bond motifs is 1. The second-order valence-corrected chi connectivity index (χ2v) is 29.6. The molecule has 29 N–H and O–H groups in total. The summed E-state index contributed by atoms with van der Waals surface area (Å²) in [6.45, 7) is 10.8. The zero-order valence-corrected chi connectivity index (χ0v) is 70.8. The molecule has 0 amide bonds. The van der Waals surface area contributed by atoms with Gasteiger partial charge in [0, 0.05) is 12.1 Å². The van der Waals surface area contributed by atoms with Gasteiger partial charge in [0.25, 0.3) is 5.56 Å². The van der Waals surface area contributed by atoms with Crippen LogP contribution in [0.2, 0.25) is 0 Å². The lowest BCUT2D eigenvalue weighted by molar-refractivity contribution is -0.244. The molecule has 2 saturated heterocycles. The van der Waals surface area contributed by atoms with Gasteiger partial charge in [0.1, 0.15) is 95.9 Å². The van der Waals surface area contributed by atoms with E-state index < -0.39 is 177 Å². The fraction of sp³-hybridized carbons (Fsp3) is 0.444. The van der Waals surface area contributed by atoms with Crippen molar-refractivity contribution in [2.75, 3.05) is 79.4 Å². The van der Waals surface area contributed by atoms with Gasteiger partial charge in [0.2, 0.25) is 11.5 Å². The Morgan fingerprint density at radius 3 is 1.55 bits per heavy atom. The Balaban J connectivity index is 0.000000376. The van der Waals surface area contributed by atoms with Crippen molar-refractivity contribution in [1.29, 1.82) is 0 Å². The van der Waals surface area contributed by atoms with Gasteiger partial charge < -0.3 is 185 Å². The first-order chi connectivity index (χ1) is 59.6. The van der Waals surface area contributed by atoms with Crippen molar-refractivity contribution in [3.05, 3.63) is 159 Å². The highest BCUT2D eigenvalue weighted by Gasteiger charge is 2.54. The molecule has 0 saturated carbocycles. The van der Waals surface area contributed by atoms with Crippen molar-refractivity contribution in [2.24, 2.45) is 0 Å². The zero-order chi connectivity index (χ0) is 96.3. The first kappa shape index (κ1) is 109. The summed E-state index contributed by atoms with van der Waals surface area (Å²) in [6.07, 6.45) is -9.39. The number of phenols is 10. The third-order valence-corrected chi connectivity index (χ3v) is 18.0. The van der Waals surface area contributed by atoms with E-state index in [2.05, 4.69) is 83.8 Å². The maximum absolute atomic E-state index is 11.3. The number of hydrogen-bond acceptors (Lipinski definition) is 44. The fourth-order valence-corrected chi connectivity index (χ4v) is 10.9. The summed E-state index contributed by atoms with van der Waals surface area (Å²) in [5, 5.41) is 253. The van der Waals surface area contributed by atoms with E-state index in [1.807, 2.05) is 19.1 Å². The first-order valence-electron chi connectivity index (χ1n) is 37.8. The van der Waals surface area contributed by atoms with E-state index >= 15 is 0 Å². The molecule has 0 radical (unpaired) electrons. The summed E-state index contributed by atoms with van der Waals surface area (Å²) < 4.78 is 44.1. The van der Waals surface area contributed by atoms with Gasteiger partial charge >= 0.3 is 23.9 Å². The molecule has 706 valence electrons. The molecule has 0 spiro atoms. The van der Waals surface area contributed by atoms with Crippen LogP contribution in [0, 0.1) is 0 Å². The first-order valence-corrected chi connectivity index (χ1v) is 38.4. The lowest BCUT2D eigenvalue weighted by atomic mass is 9.78. The number of phenolic OH excluding ortho intramolecular Hbond substituents is 10. The van der Waals surface area contributed by atoms with E-state index in [9.17, 15) is 64.8 Å². The van der Waals surface area contributed by atoms with Gasteiger partial charge in [-0.15, -0.1) is 0 Å². The van der Waals surface area contributed by atoms with Crippen LogP contribution in [0.4, 0.5) is 0 Å². The molecular formula is C81H110N4O41S. The number of methoxy groups -OCH3 is 2. The smallest absolute Gasteiger partial charge is 0.377 e. The molecule has 4 aliphatic heterocycles. The van der Waals surface area contributed by atoms with E-state index in [4.69, 9.17) is 130 Å². The Labute approximate surface area is 728 Å². The summed E-state index contributed by atoms with van der Waals surface area (Å²) in [4.78, 5) is 60.8. The van der Waals surface area contributed by atoms with Gasteiger partial charge in [-0.25, -0.2) is 19.4 Å². The zero-order valence-electron chi connectivity index (χ0n) is 69.9. The molecule has 45 nitrogen and oxygen atoms in total. The van der Waals surface area contributed by atoms with E-state index in [0.717, 1.165) is 40.5 Å². The predicted octanol–water partition coefficient (Wildman–Crippen LogP) is 0.167. The fourth-order valence-electron chi connectivity index (χ4n) is 10.8. The number of H-pyrrole nitrogens is 2. The predicted molar refractivity (Wildman–Crippen MR) is 443 cm³/mol. The number of aromatic amines is 2. The van der Waals surface area contributed by atoms with Crippen molar-refractivity contribution in [3.8, 4) is 69.0 Å². The Hall–Kier alpha value is -11.9. The number of carbonyl (C=O) groups is 4. The number of nitrogens with one attached hydrogen (secondary N) is 2. The normalized spacial score (nSPS) is 20.8. The van der Waals surface area contributed by atoms with Gasteiger partial charge in [-0.1, -0.05) is 66.7 Å². The monoisotopic (exact) mass is 1830 g/mol. The van der Waals surface area contributed by atoms with Crippen molar-refractivity contribution in [2.45, 2.75) is 151 Å². The molecule has 9 unspecified atom stereocenters. The number of hydrogen-bond donors (Lipinski definition) is 30. The molecule has 7 aromatic rings. The SMILES string of the molecule is CC(C)(C)c1cc(COC(=O)CS)cc(C(C)(C)C)c1O.CCCOC(=O)c1cc(O)c(O)c(O)c1.COc1cc(/C=C/CO)ccc1O.COc1ccc(O)cc1O.O=C1OC(C(O)CO)C(O)=C1O.O=C1O[C@H](C(O)CO)C(O)=C1O.O=c1[nH]cnc2[nH]ncc12.OCC1OC(COC[C@]2(CO)O[C@H](CO)C(O)[C@H]2O)C(O)C(O)C1O.Oc1ccc(O)c(O)c1. The Bertz CT molecular complexity index is 4700. The quantitative estimate of drug-likeness (QED) is 0.0150. The van der Waals surface area contributed by atoms with Crippen molar-refractivity contribution >= 4 is 53.6 Å². The molecular weight excluding hydrogens is 1720 g/mol. The number of aromatic nitrogens is 4. The van der Waals surface area contributed by atoms with Crippen molar-refractivity contribution in [3.63, 3.8) is 0 Å². The minimum atomic E-state index is -1.67. The van der Waals surface area contributed by atoms with Crippen LogP contribution in [0.5, 0.6) is 69.0 Å². The van der Waals surface area contributed by atoms with Crippen LogP contribution in [0.3, 0.4) is 0 Å². The minimum Gasteiger partial charge on any atom is -0.508 e. The molecule has 11 rings (SSSR count). The molecule has 6 heterocycles. The molecule has 2 fully saturated rings. The molecule has 127 heavy (non-hydrogen) atoms. The number of carbonyl (C=O) groups excluding carboxylic acids is 4. The van der Waals surface area contributed by atoms with Crippen molar-refractivity contribution < 1.29 is 200 Å². The van der Waals surface area contributed by atoms with Gasteiger partial charge in [0.15, 0.2) is 81.1 Å². The van der Waals surface area contributed by atoms with Gasteiger partial charge in [0.05, 0.1) is 97.5 Å². The third kappa shape index (κ3) is 32.2. The topological polar surface area (TPSA) is 772 Å². The van der Waals surface area contributed by atoms with Gasteiger partial charge in [-0.2, -0.15) is 17.7 Å². The Kier molecular flexibility index (Phi) is 44.4. The second kappa shape index (κ2) is 51.6. The highest BCUT2D eigenvalue weighted by Crippen LogP contribution is 2.41. The van der Waals surface area contributed by atoms with Crippen LogP contribution in [-0.4, -0.2) is 340 Å². The summed E-state index contributed by atoms with van der Waals surface area (Å²) in [5.74, 6) is -7.65. The molecule has 5 aromatic carbocycles. The number of thiol groups is 1. The van der Waals surface area contributed by atoms with Crippen LogP contribution in [0.25, 0.3) is 17.1 Å². The second-order valence-electron chi connectivity index (χ2n) is 29.3. The number of esters is 4. The lowest BCUT2D eigenvalue weighted by Crippen LogP contribution is -2.60. The number of benzene rings is 5. The molecule has 46 heteroatoms. The number of ether oxygens (including phenoxy) is 9. The van der Waals surface area contributed by atoms with Crippen LogP contribution in [0.1, 0.15) is 87.5 Å². The molecule has 2 aromatic heterocycles. The Morgan fingerprint density at radius 2 is 1.12 bits per heavy atom. The maximum Gasteiger partial charge on any atom is 0.377 e. The van der Waals surface area contributed by atoms with Crippen LogP contribution in [0.15, 0.2) is 125 Å². The highest BCUT2D eigenvalue weighted by atomic mass is 32.1. The standard InChI is InChI=1S/C17H26O3S.C14H26O11.C10H12O5.C10H12O3.C7H8O3.2C6H8O6.C6H6O3.C5H4N4O/c1-16(2,3)12-7-11(9-20-14(18)10-21)8-13(15(12)19)17(4,5)6;15-1-6-9(18)12(21)10(19)8(24-6)3-23-5-14(4-17)13(22)11(20)7(2-16)25-14;1-2-3-15-10(14)6-4-7(11)9(13)8(12)5-6;1-13-10-7-8(3-2-6-11)4-5-9(10)12;1-10-7-3-2-5(8)4-6(7)9;2*7-1-2(8)5-3(9)4(10)6(11)12-5;7-4-1-2-5(8)6(9)3-4;10-5-3-1-8-9-4(3)6-2-7-5/h7-8,19,21H,9-10H2,1-6H3;6-13,15-22H,1-5H2;4-5,11-13H,2-3H2,1H3;2-5,7,11-12H,6H2,1H3;2-4,8-9H,1H3;2*2,5,7-10H,1H2;1-3,7-9H;1-2H,(H2,6,7,8,9,10)/b;;;3-2+;;;;;/t;6?,7-,8?,9?,10?,11?,12?,13-,14+;;;;2?,5-;;;/m.1...1.../s1. The number of aliphatic hydroxyl groups excluding tert-OH is 17. The summed E-state index contributed by atoms with van der Waals surface area (Å²) in [5.41, 5.74) is 1.81. The van der Waals surface area contributed by atoms with Crippen LogP contribution in [-0.2, 0) is 65.0 Å². The summed E-state index contributed by atoms with van der Waals surface area (Å²) >= 11 is 3.90. The number of nitrogens with zero attached hydrogens (tertiary/aromatic N) is 2. The molecule has 4 aliphatic rings. The average molecular weight is 1830 g/mol.